The van der Waals surface area contributed by atoms with Gasteiger partial charge in [0, 0.05) is 39.4 Å². The van der Waals surface area contributed by atoms with Crippen molar-refractivity contribution in [2.45, 2.75) is 38.1 Å². The molecule has 2 N–H and O–H groups in total. The van der Waals surface area contributed by atoms with Crippen LogP contribution in [0.4, 0.5) is 0 Å². The van der Waals surface area contributed by atoms with Gasteiger partial charge >= 0.3 is 0 Å². The maximum atomic E-state index is 5.62. The van der Waals surface area contributed by atoms with Crippen molar-refractivity contribution in [2.24, 2.45) is 10.9 Å². The number of hydrogen-bond acceptors (Lipinski definition) is 3. The number of nitrogens with one attached hydrogen (secondary N) is 2. The van der Waals surface area contributed by atoms with Gasteiger partial charge < -0.3 is 20.3 Å². The molecule has 1 saturated carbocycles. The lowest BCUT2D eigenvalue weighted by atomic mass is 10.2. The Balaban J connectivity index is 1.48. The third-order valence-electron chi connectivity index (χ3n) is 4.21. The molecule has 0 amide bonds. The third kappa shape index (κ3) is 5.67. The Morgan fingerprint density at radius 1 is 1.30 bits per heavy atom. The van der Waals surface area contributed by atoms with E-state index in [1.54, 1.807) is 0 Å². The lowest BCUT2D eigenvalue weighted by Crippen LogP contribution is -2.44. The van der Waals surface area contributed by atoms with E-state index in [4.69, 9.17) is 4.74 Å². The molecule has 0 aromatic rings. The smallest absolute Gasteiger partial charge is 0.191 e. The van der Waals surface area contributed by atoms with Crippen molar-refractivity contribution in [3.05, 3.63) is 0 Å². The molecule has 0 spiro atoms. The maximum absolute atomic E-state index is 5.62. The van der Waals surface area contributed by atoms with Crippen molar-refractivity contribution in [3.8, 4) is 0 Å². The molecule has 0 aromatic carbocycles. The number of hydrogen-bond donors (Lipinski definition) is 2. The molecule has 1 atom stereocenters. The molecule has 2 aliphatic rings. The zero-order valence-electron chi connectivity index (χ0n) is 13.0. The average Bonchev–Trinajstić information content (AvgIpc) is 3.19. The summed E-state index contributed by atoms with van der Waals surface area (Å²) in [6, 6.07) is 0.649. The molecule has 1 saturated heterocycles. The summed E-state index contributed by atoms with van der Waals surface area (Å²) in [6.45, 7) is 4.93. The van der Waals surface area contributed by atoms with E-state index in [0.717, 1.165) is 44.6 Å². The predicted molar refractivity (Wildman–Crippen MR) is 83.2 cm³/mol. The molecule has 2 rings (SSSR count). The first-order chi connectivity index (χ1) is 9.79. The van der Waals surface area contributed by atoms with Crippen LogP contribution in [0.5, 0.6) is 0 Å². The molecule has 5 heteroatoms. The highest BCUT2D eigenvalue weighted by molar-refractivity contribution is 5.79. The average molecular weight is 282 g/mol. The highest BCUT2D eigenvalue weighted by atomic mass is 16.5. The first-order valence-corrected chi connectivity index (χ1v) is 8.02. The van der Waals surface area contributed by atoms with Gasteiger partial charge in [0.2, 0.25) is 0 Å². The summed E-state index contributed by atoms with van der Waals surface area (Å²) in [5, 5.41) is 6.77. The Labute approximate surface area is 123 Å². The van der Waals surface area contributed by atoms with E-state index >= 15 is 0 Å². The molecule has 20 heavy (non-hydrogen) atoms. The first-order valence-electron chi connectivity index (χ1n) is 8.02. The summed E-state index contributed by atoms with van der Waals surface area (Å²) >= 11 is 0. The van der Waals surface area contributed by atoms with E-state index in [-0.39, 0.29) is 0 Å². The summed E-state index contributed by atoms with van der Waals surface area (Å²) in [5.74, 6) is 1.77. The number of guanidine groups is 1. The number of likely N-dealkylation sites (tertiary alicyclic amines) is 1. The number of aliphatic imine (C=N–C) groups is 1. The standard InChI is InChI=1S/C15H30N4O/c1-16-15(18-11-14-5-3-9-19(14)2)17-8-4-10-20-12-13-6-7-13/h13-14H,3-12H2,1-2H3,(H2,16,17,18). The van der Waals surface area contributed by atoms with Crippen LogP contribution in [0.15, 0.2) is 4.99 Å². The van der Waals surface area contributed by atoms with Gasteiger partial charge in [-0.15, -0.1) is 0 Å². The fraction of sp³-hybridized carbons (Fsp3) is 0.933. The van der Waals surface area contributed by atoms with Gasteiger partial charge in [0.15, 0.2) is 5.96 Å². The lowest BCUT2D eigenvalue weighted by molar-refractivity contribution is 0.123. The molecule has 1 heterocycles. The molecular weight excluding hydrogens is 252 g/mol. The second-order valence-electron chi connectivity index (χ2n) is 6.03. The zero-order valence-corrected chi connectivity index (χ0v) is 13.0. The molecule has 1 aliphatic carbocycles. The Bertz CT molecular complexity index is 304. The van der Waals surface area contributed by atoms with Crippen molar-refractivity contribution >= 4 is 5.96 Å². The van der Waals surface area contributed by atoms with Gasteiger partial charge in [-0.3, -0.25) is 4.99 Å². The SMILES string of the molecule is CN=C(NCCCOCC1CC1)NCC1CCCN1C. The van der Waals surface area contributed by atoms with Crippen molar-refractivity contribution in [1.82, 2.24) is 15.5 Å². The van der Waals surface area contributed by atoms with Gasteiger partial charge in [0.25, 0.3) is 0 Å². The van der Waals surface area contributed by atoms with Crippen LogP contribution in [-0.2, 0) is 4.74 Å². The number of rotatable bonds is 8. The molecular formula is C15H30N4O. The lowest BCUT2D eigenvalue weighted by Gasteiger charge is -2.21. The van der Waals surface area contributed by atoms with Crippen molar-refractivity contribution in [3.63, 3.8) is 0 Å². The number of likely N-dealkylation sites (N-methyl/N-ethyl adjacent to an activating group) is 1. The summed E-state index contributed by atoms with van der Waals surface area (Å²) < 4.78 is 5.62. The largest absolute Gasteiger partial charge is 0.381 e. The van der Waals surface area contributed by atoms with Crippen LogP contribution in [0.2, 0.25) is 0 Å². The molecule has 0 aromatic heterocycles. The van der Waals surface area contributed by atoms with Crippen LogP contribution in [0, 0.1) is 5.92 Å². The quantitative estimate of drug-likeness (QED) is 0.397. The van der Waals surface area contributed by atoms with Gasteiger partial charge in [-0.2, -0.15) is 0 Å². The fourth-order valence-electron chi connectivity index (χ4n) is 2.59. The van der Waals surface area contributed by atoms with E-state index in [1.807, 2.05) is 7.05 Å². The molecule has 2 fully saturated rings. The first kappa shape index (κ1) is 15.6. The van der Waals surface area contributed by atoms with E-state index in [0.29, 0.717) is 6.04 Å². The van der Waals surface area contributed by atoms with E-state index in [1.165, 1.54) is 32.2 Å². The van der Waals surface area contributed by atoms with E-state index < -0.39 is 0 Å². The van der Waals surface area contributed by atoms with Crippen LogP contribution < -0.4 is 10.6 Å². The van der Waals surface area contributed by atoms with Crippen molar-refractivity contribution in [1.29, 1.82) is 0 Å². The molecule has 0 radical (unpaired) electrons. The molecule has 0 bridgehead atoms. The Hall–Kier alpha value is -0.810. The molecule has 1 unspecified atom stereocenters. The van der Waals surface area contributed by atoms with E-state index in [2.05, 4.69) is 27.6 Å². The van der Waals surface area contributed by atoms with Gasteiger partial charge in [-0.05, 0) is 51.6 Å². The van der Waals surface area contributed by atoms with Crippen LogP contribution >= 0.6 is 0 Å². The Morgan fingerprint density at radius 3 is 2.80 bits per heavy atom. The fourth-order valence-corrected chi connectivity index (χ4v) is 2.59. The Kier molecular flexibility index (Phi) is 6.60. The number of ether oxygens (including phenoxy) is 1. The highest BCUT2D eigenvalue weighted by Gasteiger charge is 2.21. The van der Waals surface area contributed by atoms with Gasteiger partial charge in [0.05, 0.1) is 0 Å². The zero-order chi connectivity index (χ0) is 14.2. The summed E-state index contributed by atoms with van der Waals surface area (Å²) in [4.78, 5) is 6.69. The topological polar surface area (TPSA) is 48.9 Å². The van der Waals surface area contributed by atoms with Gasteiger partial charge in [0.1, 0.15) is 0 Å². The van der Waals surface area contributed by atoms with Crippen LogP contribution in [0.25, 0.3) is 0 Å². The van der Waals surface area contributed by atoms with Gasteiger partial charge in [-0.1, -0.05) is 0 Å². The van der Waals surface area contributed by atoms with E-state index in [9.17, 15) is 0 Å². The molecule has 5 nitrogen and oxygen atoms in total. The van der Waals surface area contributed by atoms with Crippen molar-refractivity contribution < 1.29 is 4.74 Å². The van der Waals surface area contributed by atoms with Crippen molar-refractivity contribution in [2.75, 3.05) is 46.9 Å². The molecule has 1 aliphatic heterocycles. The minimum atomic E-state index is 0.649. The maximum Gasteiger partial charge on any atom is 0.191 e. The summed E-state index contributed by atoms with van der Waals surface area (Å²) in [6.07, 6.45) is 6.37. The van der Waals surface area contributed by atoms with Crippen LogP contribution in [-0.4, -0.2) is 63.8 Å². The summed E-state index contributed by atoms with van der Waals surface area (Å²) in [5.41, 5.74) is 0. The highest BCUT2D eigenvalue weighted by Crippen LogP contribution is 2.28. The van der Waals surface area contributed by atoms with Crippen LogP contribution in [0.1, 0.15) is 32.1 Å². The molecule has 116 valence electrons. The van der Waals surface area contributed by atoms with Gasteiger partial charge in [-0.25, -0.2) is 0 Å². The number of nitrogens with zero attached hydrogens (tertiary/aromatic N) is 2. The second-order valence-corrected chi connectivity index (χ2v) is 6.03. The summed E-state index contributed by atoms with van der Waals surface area (Å²) in [7, 11) is 4.03. The second kappa shape index (κ2) is 8.47. The predicted octanol–water partition coefficient (Wildman–Crippen LogP) is 1.06. The monoisotopic (exact) mass is 282 g/mol. The Morgan fingerprint density at radius 2 is 2.15 bits per heavy atom. The van der Waals surface area contributed by atoms with Crippen LogP contribution in [0.3, 0.4) is 0 Å². The normalized spacial score (nSPS) is 24.1. The minimum Gasteiger partial charge on any atom is -0.381 e. The third-order valence-corrected chi connectivity index (χ3v) is 4.21. The minimum absolute atomic E-state index is 0.649.